The normalized spacial score (nSPS) is 15.7. The summed E-state index contributed by atoms with van der Waals surface area (Å²) in [6.07, 6.45) is 7.17. The zero-order chi connectivity index (χ0) is 17.4. The number of hydrogen-bond donors (Lipinski definition) is 1. The van der Waals surface area contributed by atoms with Gasteiger partial charge in [-0.15, -0.1) is 10.2 Å². The monoisotopic (exact) mass is 340 g/mol. The Morgan fingerprint density at radius 2 is 2.04 bits per heavy atom. The lowest BCUT2D eigenvalue weighted by Crippen LogP contribution is -2.40. The molecule has 1 aliphatic rings. The van der Waals surface area contributed by atoms with E-state index in [2.05, 4.69) is 20.5 Å². The van der Waals surface area contributed by atoms with Gasteiger partial charge in [-0.05, 0) is 31.9 Å². The standard InChI is InChI=1S/C17H20N6O2/c1-11-20-21-16-17(25)22(13-8-5-9-18-15(13)23(11)16)10-14(24)19-12-6-3-2-4-7-12/h5,8-9,12H,2-4,6-7,10H2,1H3,(H,19,24). The molecule has 0 aromatic carbocycles. The summed E-state index contributed by atoms with van der Waals surface area (Å²) in [5.41, 5.74) is 1.03. The number of aryl methyl sites for hydroxylation is 1. The second kappa shape index (κ2) is 6.27. The number of nitrogens with one attached hydrogen (secondary N) is 1. The maximum absolute atomic E-state index is 12.8. The number of amides is 1. The Hall–Kier alpha value is -2.77. The first kappa shape index (κ1) is 15.7. The third-order valence-electron chi connectivity index (χ3n) is 4.80. The van der Waals surface area contributed by atoms with Crippen molar-refractivity contribution in [1.29, 1.82) is 0 Å². The van der Waals surface area contributed by atoms with Gasteiger partial charge in [0.25, 0.3) is 5.56 Å². The van der Waals surface area contributed by atoms with Gasteiger partial charge in [-0.2, -0.15) is 0 Å². The van der Waals surface area contributed by atoms with Crippen molar-refractivity contribution >= 4 is 22.7 Å². The van der Waals surface area contributed by atoms with Gasteiger partial charge in [0.1, 0.15) is 12.4 Å². The van der Waals surface area contributed by atoms with E-state index in [1.807, 2.05) is 0 Å². The van der Waals surface area contributed by atoms with E-state index in [1.165, 1.54) is 11.0 Å². The van der Waals surface area contributed by atoms with Crippen molar-refractivity contribution in [2.24, 2.45) is 0 Å². The van der Waals surface area contributed by atoms with Crippen molar-refractivity contribution in [2.45, 2.75) is 51.6 Å². The SMILES string of the molecule is Cc1nnc2c(=O)n(CC(=O)NC3CCCCC3)c3cccnc3n12. The average molecular weight is 340 g/mol. The average Bonchev–Trinajstić information content (AvgIpc) is 3.01. The maximum Gasteiger partial charge on any atom is 0.297 e. The molecule has 25 heavy (non-hydrogen) atoms. The summed E-state index contributed by atoms with van der Waals surface area (Å²) in [5, 5.41) is 11.0. The summed E-state index contributed by atoms with van der Waals surface area (Å²) in [7, 11) is 0. The Labute approximate surface area is 143 Å². The third-order valence-corrected chi connectivity index (χ3v) is 4.80. The van der Waals surface area contributed by atoms with E-state index >= 15 is 0 Å². The number of fused-ring (bicyclic) bond motifs is 3. The van der Waals surface area contributed by atoms with Gasteiger partial charge in [-0.25, -0.2) is 4.98 Å². The first-order valence-corrected chi connectivity index (χ1v) is 8.64. The van der Waals surface area contributed by atoms with Crippen LogP contribution in [0.5, 0.6) is 0 Å². The quantitative estimate of drug-likeness (QED) is 0.773. The molecular weight excluding hydrogens is 320 g/mol. The molecule has 3 heterocycles. The van der Waals surface area contributed by atoms with Gasteiger partial charge in [-0.3, -0.25) is 18.6 Å². The third kappa shape index (κ3) is 2.77. The van der Waals surface area contributed by atoms with Crippen molar-refractivity contribution in [3.05, 3.63) is 34.5 Å². The fraction of sp³-hybridized carbons (Fsp3) is 0.471. The topological polar surface area (TPSA) is 94.2 Å². The number of carbonyl (C=O) groups is 1. The van der Waals surface area contributed by atoms with Gasteiger partial charge in [0.2, 0.25) is 11.6 Å². The number of nitrogens with zero attached hydrogens (tertiary/aromatic N) is 5. The molecule has 0 radical (unpaired) electrons. The zero-order valence-electron chi connectivity index (χ0n) is 14.1. The van der Waals surface area contributed by atoms with E-state index in [1.54, 1.807) is 29.7 Å². The van der Waals surface area contributed by atoms with Crippen LogP contribution in [0.4, 0.5) is 0 Å². The summed E-state index contributed by atoms with van der Waals surface area (Å²) >= 11 is 0. The molecule has 0 aliphatic heterocycles. The highest BCUT2D eigenvalue weighted by Gasteiger charge is 2.19. The van der Waals surface area contributed by atoms with Crippen LogP contribution < -0.4 is 10.9 Å². The molecule has 0 spiro atoms. The lowest BCUT2D eigenvalue weighted by atomic mass is 9.95. The first-order valence-electron chi connectivity index (χ1n) is 8.64. The molecule has 1 aliphatic carbocycles. The Kier molecular flexibility index (Phi) is 3.95. The van der Waals surface area contributed by atoms with Gasteiger partial charge in [0, 0.05) is 12.2 Å². The van der Waals surface area contributed by atoms with E-state index in [-0.39, 0.29) is 29.7 Å². The van der Waals surface area contributed by atoms with Crippen LogP contribution in [0.3, 0.4) is 0 Å². The predicted octanol–water partition coefficient (Wildman–Crippen LogP) is 1.20. The summed E-state index contributed by atoms with van der Waals surface area (Å²) in [6, 6.07) is 3.75. The lowest BCUT2D eigenvalue weighted by Gasteiger charge is -2.23. The van der Waals surface area contributed by atoms with E-state index in [9.17, 15) is 9.59 Å². The van der Waals surface area contributed by atoms with E-state index < -0.39 is 0 Å². The minimum atomic E-state index is -0.333. The molecule has 1 amide bonds. The second-order valence-corrected chi connectivity index (χ2v) is 6.55. The molecule has 8 nitrogen and oxygen atoms in total. The highest BCUT2D eigenvalue weighted by molar-refractivity contribution is 5.80. The van der Waals surface area contributed by atoms with Crippen LogP contribution >= 0.6 is 0 Å². The zero-order valence-corrected chi connectivity index (χ0v) is 14.1. The smallest absolute Gasteiger partial charge is 0.297 e. The number of hydrogen-bond acceptors (Lipinski definition) is 5. The van der Waals surface area contributed by atoms with Crippen LogP contribution in [0.2, 0.25) is 0 Å². The Bertz CT molecular complexity index is 999. The van der Waals surface area contributed by atoms with Gasteiger partial charge in [0.05, 0.1) is 5.52 Å². The first-order chi connectivity index (χ1) is 12.1. The molecule has 8 heteroatoms. The highest BCUT2D eigenvalue weighted by Crippen LogP contribution is 2.17. The second-order valence-electron chi connectivity index (χ2n) is 6.55. The van der Waals surface area contributed by atoms with Crippen LogP contribution in [0.1, 0.15) is 37.9 Å². The van der Waals surface area contributed by atoms with Crippen molar-refractivity contribution in [3.63, 3.8) is 0 Å². The molecule has 0 unspecified atom stereocenters. The van der Waals surface area contributed by atoms with Crippen LogP contribution in [0.25, 0.3) is 16.8 Å². The predicted molar refractivity (Wildman–Crippen MR) is 92.3 cm³/mol. The minimum absolute atomic E-state index is 0.0417. The van der Waals surface area contributed by atoms with Gasteiger partial charge < -0.3 is 5.32 Å². The summed E-state index contributed by atoms with van der Waals surface area (Å²) < 4.78 is 3.07. The number of carbonyl (C=O) groups excluding carboxylic acids is 1. The Morgan fingerprint density at radius 1 is 1.24 bits per heavy atom. The van der Waals surface area contributed by atoms with Crippen molar-refractivity contribution in [3.8, 4) is 0 Å². The number of rotatable bonds is 3. The summed E-state index contributed by atoms with van der Waals surface area (Å²) in [5.74, 6) is 0.439. The number of pyridine rings is 1. The van der Waals surface area contributed by atoms with Gasteiger partial charge in [0.15, 0.2) is 5.65 Å². The molecule has 1 N–H and O–H groups in total. The molecule has 0 bridgehead atoms. The largest absolute Gasteiger partial charge is 0.352 e. The van der Waals surface area contributed by atoms with Crippen molar-refractivity contribution in [1.82, 2.24) is 29.5 Å². The van der Waals surface area contributed by atoms with Crippen LogP contribution in [-0.2, 0) is 11.3 Å². The van der Waals surface area contributed by atoms with Crippen molar-refractivity contribution in [2.75, 3.05) is 0 Å². The molecular formula is C17H20N6O2. The molecule has 130 valence electrons. The summed E-state index contributed by atoms with van der Waals surface area (Å²) in [4.78, 5) is 29.7. The molecule has 0 atom stereocenters. The summed E-state index contributed by atoms with van der Waals surface area (Å²) in [6.45, 7) is 1.73. The van der Waals surface area contributed by atoms with Gasteiger partial charge in [-0.1, -0.05) is 19.3 Å². The molecule has 0 saturated heterocycles. The van der Waals surface area contributed by atoms with Crippen LogP contribution in [-0.4, -0.2) is 36.1 Å². The lowest BCUT2D eigenvalue weighted by molar-refractivity contribution is -0.122. The van der Waals surface area contributed by atoms with Crippen LogP contribution in [0, 0.1) is 6.92 Å². The molecule has 1 fully saturated rings. The Morgan fingerprint density at radius 3 is 2.84 bits per heavy atom. The maximum atomic E-state index is 12.8. The molecule has 1 saturated carbocycles. The minimum Gasteiger partial charge on any atom is -0.352 e. The van der Waals surface area contributed by atoms with Crippen LogP contribution in [0.15, 0.2) is 23.1 Å². The van der Waals surface area contributed by atoms with Crippen molar-refractivity contribution < 1.29 is 4.79 Å². The molecule has 3 aromatic heterocycles. The van der Waals surface area contributed by atoms with E-state index in [0.717, 1.165) is 25.7 Å². The number of aromatic nitrogens is 5. The van der Waals surface area contributed by atoms with E-state index in [4.69, 9.17) is 0 Å². The molecule has 3 aromatic rings. The Balaban J connectivity index is 1.74. The highest BCUT2D eigenvalue weighted by atomic mass is 16.2. The fourth-order valence-corrected chi connectivity index (χ4v) is 3.58. The molecule has 4 rings (SSSR count). The van der Waals surface area contributed by atoms with E-state index in [0.29, 0.717) is 17.0 Å². The fourth-order valence-electron chi connectivity index (χ4n) is 3.58. The van der Waals surface area contributed by atoms with Gasteiger partial charge >= 0.3 is 0 Å².